The summed E-state index contributed by atoms with van der Waals surface area (Å²) in [6.45, 7) is 5.71. The molecule has 0 bridgehead atoms. The van der Waals surface area contributed by atoms with E-state index in [0.717, 1.165) is 0 Å². The second-order valence-corrected chi connectivity index (χ2v) is 4.37. The lowest BCUT2D eigenvalue weighted by atomic mass is 9.99. The lowest BCUT2D eigenvalue weighted by Crippen LogP contribution is -2.14. The van der Waals surface area contributed by atoms with E-state index in [1.807, 2.05) is 13.8 Å². The van der Waals surface area contributed by atoms with Crippen molar-refractivity contribution in [3.05, 3.63) is 11.6 Å². The average Bonchev–Trinajstić information content (AvgIpc) is 2.50. The highest BCUT2D eigenvalue weighted by Gasteiger charge is 2.65. The van der Waals surface area contributed by atoms with Gasteiger partial charge in [0.25, 0.3) is 0 Å². The van der Waals surface area contributed by atoms with Crippen molar-refractivity contribution in [1.29, 1.82) is 0 Å². The minimum absolute atomic E-state index is 0.0185. The first-order chi connectivity index (χ1) is 5.46. The molecule has 0 aromatic carbocycles. The van der Waals surface area contributed by atoms with Gasteiger partial charge in [-0.3, -0.25) is 9.59 Å². The number of Topliss-reactive ketones (excluding diaryl/α,β-unsaturated/α-hetero) is 1. The number of allylic oxidation sites excluding steroid dienone is 2. The van der Waals surface area contributed by atoms with E-state index in [4.69, 9.17) is 0 Å². The van der Waals surface area contributed by atoms with Crippen LogP contribution in [0.4, 0.5) is 0 Å². The van der Waals surface area contributed by atoms with Gasteiger partial charge in [0.2, 0.25) is 0 Å². The van der Waals surface area contributed by atoms with Crippen LogP contribution in [0, 0.1) is 17.3 Å². The molecule has 0 aromatic heterocycles. The zero-order chi connectivity index (χ0) is 9.09. The quantitative estimate of drug-likeness (QED) is 0.541. The van der Waals surface area contributed by atoms with E-state index in [1.54, 1.807) is 6.92 Å². The van der Waals surface area contributed by atoms with Crippen LogP contribution < -0.4 is 0 Å². The van der Waals surface area contributed by atoms with Crippen molar-refractivity contribution in [2.45, 2.75) is 20.8 Å². The minimum Gasteiger partial charge on any atom is -0.294 e. The highest BCUT2D eigenvalue weighted by atomic mass is 16.1. The van der Waals surface area contributed by atoms with E-state index in [0.29, 0.717) is 5.57 Å². The molecular weight excluding hydrogens is 152 g/mol. The van der Waals surface area contributed by atoms with E-state index < -0.39 is 0 Å². The molecule has 1 unspecified atom stereocenters. The molecule has 0 aliphatic heterocycles. The van der Waals surface area contributed by atoms with Gasteiger partial charge in [0.05, 0.1) is 0 Å². The molecule has 2 aliphatic carbocycles. The summed E-state index contributed by atoms with van der Waals surface area (Å²) in [6.07, 6.45) is 1.50. The standard InChI is InChI=1S/C10H12O2/c1-5-4-6(11)7-8(9(5)12)10(7,2)3/h4,7-8H,1-3H3/t7?,8-/m1/s1. The minimum atomic E-state index is -0.0809. The maximum atomic E-state index is 11.5. The first kappa shape index (κ1) is 7.71. The van der Waals surface area contributed by atoms with Gasteiger partial charge in [-0.1, -0.05) is 13.8 Å². The SMILES string of the molecule is CC1=CC(=O)C2[C@H](C1=O)C2(C)C. The molecule has 2 rings (SSSR count). The van der Waals surface area contributed by atoms with Crippen LogP contribution in [0.3, 0.4) is 0 Å². The predicted molar refractivity (Wildman–Crippen MR) is 44.5 cm³/mol. The van der Waals surface area contributed by atoms with Crippen LogP contribution in [0.5, 0.6) is 0 Å². The van der Waals surface area contributed by atoms with Crippen molar-refractivity contribution in [2.24, 2.45) is 17.3 Å². The van der Waals surface area contributed by atoms with Gasteiger partial charge >= 0.3 is 0 Å². The van der Waals surface area contributed by atoms with Gasteiger partial charge in [-0.25, -0.2) is 0 Å². The molecule has 2 heteroatoms. The fourth-order valence-electron chi connectivity index (χ4n) is 2.28. The molecule has 0 aromatic rings. The Morgan fingerprint density at radius 3 is 2.42 bits per heavy atom. The van der Waals surface area contributed by atoms with E-state index in [-0.39, 0.29) is 28.8 Å². The molecule has 0 N–H and O–H groups in total. The highest BCUT2D eigenvalue weighted by molar-refractivity contribution is 6.14. The topological polar surface area (TPSA) is 34.1 Å². The third kappa shape index (κ3) is 0.701. The van der Waals surface area contributed by atoms with E-state index in [2.05, 4.69) is 0 Å². The van der Waals surface area contributed by atoms with Crippen LogP contribution in [-0.2, 0) is 9.59 Å². The van der Waals surface area contributed by atoms with Crippen LogP contribution in [0.25, 0.3) is 0 Å². The first-order valence-corrected chi connectivity index (χ1v) is 4.22. The summed E-state index contributed by atoms with van der Waals surface area (Å²) in [5, 5.41) is 0. The van der Waals surface area contributed by atoms with E-state index in [1.165, 1.54) is 6.08 Å². The summed E-state index contributed by atoms with van der Waals surface area (Å²) in [6, 6.07) is 0. The van der Waals surface area contributed by atoms with Gasteiger partial charge in [0, 0.05) is 11.8 Å². The molecule has 0 amide bonds. The summed E-state index contributed by atoms with van der Waals surface area (Å²) < 4.78 is 0. The molecule has 1 saturated carbocycles. The van der Waals surface area contributed by atoms with E-state index in [9.17, 15) is 9.59 Å². The Labute approximate surface area is 71.6 Å². The Morgan fingerprint density at radius 1 is 1.25 bits per heavy atom. The molecule has 2 atom stereocenters. The third-order valence-corrected chi connectivity index (χ3v) is 3.16. The van der Waals surface area contributed by atoms with Gasteiger partial charge in [-0.15, -0.1) is 0 Å². The highest BCUT2D eigenvalue weighted by Crippen LogP contribution is 2.61. The number of ketones is 2. The molecule has 12 heavy (non-hydrogen) atoms. The van der Waals surface area contributed by atoms with Crippen molar-refractivity contribution in [3.8, 4) is 0 Å². The monoisotopic (exact) mass is 164 g/mol. The number of fused-ring (bicyclic) bond motifs is 1. The molecule has 64 valence electrons. The van der Waals surface area contributed by atoms with Gasteiger partial charge in [0.15, 0.2) is 11.6 Å². The lowest BCUT2D eigenvalue weighted by Gasteiger charge is -2.03. The Hall–Kier alpha value is -0.920. The summed E-state index contributed by atoms with van der Waals surface area (Å²) >= 11 is 0. The lowest BCUT2D eigenvalue weighted by molar-refractivity contribution is -0.122. The fraction of sp³-hybridized carbons (Fsp3) is 0.600. The van der Waals surface area contributed by atoms with Crippen LogP contribution >= 0.6 is 0 Å². The first-order valence-electron chi connectivity index (χ1n) is 4.22. The Bertz CT molecular complexity index is 310. The molecule has 0 saturated heterocycles. The average molecular weight is 164 g/mol. The van der Waals surface area contributed by atoms with Gasteiger partial charge in [0.1, 0.15) is 0 Å². The number of carbonyl (C=O) groups excluding carboxylic acids is 2. The number of rotatable bonds is 0. The third-order valence-electron chi connectivity index (χ3n) is 3.16. The Kier molecular flexibility index (Phi) is 1.20. The van der Waals surface area contributed by atoms with Crippen molar-refractivity contribution in [1.82, 2.24) is 0 Å². The molecule has 2 nitrogen and oxygen atoms in total. The van der Waals surface area contributed by atoms with Crippen LogP contribution in [0.1, 0.15) is 20.8 Å². The maximum absolute atomic E-state index is 11.5. The number of carbonyl (C=O) groups is 2. The maximum Gasteiger partial charge on any atom is 0.163 e. The predicted octanol–water partition coefficient (Wildman–Crippen LogP) is 1.36. The largest absolute Gasteiger partial charge is 0.294 e. The van der Waals surface area contributed by atoms with Crippen molar-refractivity contribution >= 4 is 11.6 Å². The molecule has 0 heterocycles. The van der Waals surface area contributed by atoms with Gasteiger partial charge in [-0.2, -0.15) is 0 Å². The summed E-state index contributed by atoms with van der Waals surface area (Å²) in [5.41, 5.74) is 0.550. The Balaban J connectivity index is 2.42. The molecule has 1 fully saturated rings. The summed E-state index contributed by atoms with van der Waals surface area (Å²) in [4.78, 5) is 22.9. The zero-order valence-electron chi connectivity index (χ0n) is 7.55. The number of hydrogen-bond donors (Lipinski definition) is 0. The van der Waals surface area contributed by atoms with Gasteiger partial charge in [-0.05, 0) is 24.0 Å². The molecule has 0 spiro atoms. The van der Waals surface area contributed by atoms with Gasteiger partial charge < -0.3 is 0 Å². The zero-order valence-corrected chi connectivity index (χ0v) is 7.55. The Morgan fingerprint density at radius 2 is 1.83 bits per heavy atom. The van der Waals surface area contributed by atoms with Crippen molar-refractivity contribution in [2.75, 3.05) is 0 Å². The molecular formula is C10H12O2. The van der Waals surface area contributed by atoms with Crippen molar-refractivity contribution in [3.63, 3.8) is 0 Å². The normalized spacial score (nSPS) is 37.4. The second-order valence-electron chi connectivity index (χ2n) is 4.37. The fourth-order valence-corrected chi connectivity index (χ4v) is 2.28. The number of hydrogen-bond acceptors (Lipinski definition) is 2. The van der Waals surface area contributed by atoms with Crippen LogP contribution in [0.2, 0.25) is 0 Å². The summed E-state index contributed by atoms with van der Waals surface area (Å²) in [7, 11) is 0. The molecule has 2 aliphatic rings. The molecule has 0 radical (unpaired) electrons. The van der Waals surface area contributed by atoms with Crippen LogP contribution in [-0.4, -0.2) is 11.6 Å². The van der Waals surface area contributed by atoms with Crippen LogP contribution in [0.15, 0.2) is 11.6 Å². The smallest absolute Gasteiger partial charge is 0.163 e. The van der Waals surface area contributed by atoms with E-state index >= 15 is 0 Å². The summed E-state index contributed by atoms with van der Waals surface area (Å²) in [5.74, 6) is 0.274. The van der Waals surface area contributed by atoms with Crippen molar-refractivity contribution < 1.29 is 9.59 Å². The second kappa shape index (κ2) is 1.87.